The van der Waals surface area contributed by atoms with Crippen LogP contribution in [0, 0.1) is 5.82 Å². The minimum absolute atomic E-state index is 0.233. The van der Waals surface area contributed by atoms with E-state index in [1.165, 1.54) is 23.1 Å². The molecule has 3 rings (SSSR count). The third kappa shape index (κ3) is 5.64. The summed E-state index contributed by atoms with van der Waals surface area (Å²) in [6.07, 6.45) is 3.74. The molecule has 0 aliphatic heterocycles. The Bertz CT molecular complexity index is 1030. The van der Waals surface area contributed by atoms with Gasteiger partial charge in [0, 0.05) is 19.7 Å². The van der Waals surface area contributed by atoms with Crippen molar-refractivity contribution in [2.75, 3.05) is 18.5 Å². The van der Waals surface area contributed by atoms with Gasteiger partial charge in [-0.25, -0.2) is 4.39 Å². The first-order valence-corrected chi connectivity index (χ1v) is 9.67. The zero-order valence-electron chi connectivity index (χ0n) is 16.7. The van der Waals surface area contributed by atoms with Crippen LogP contribution in [-0.2, 0) is 11.2 Å². The molecule has 5 heteroatoms. The Morgan fingerprint density at radius 2 is 1.60 bits per heavy atom. The Balaban J connectivity index is 1.66. The van der Waals surface area contributed by atoms with E-state index >= 15 is 0 Å². The standard InChI is InChI=1S/C25H23FN2O2/c1-28(24(29)16-13-20-11-14-21(26)15-12-20)23-10-6-5-9-22(23)25(30)27-18-17-19-7-3-2-4-8-19/h2-16H,17-18H2,1H3,(H,27,30). The average molecular weight is 402 g/mol. The maximum Gasteiger partial charge on any atom is 0.253 e. The Morgan fingerprint density at radius 1 is 0.933 bits per heavy atom. The lowest BCUT2D eigenvalue weighted by atomic mass is 10.1. The lowest BCUT2D eigenvalue weighted by molar-refractivity contribution is -0.113. The SMILES string of the molecule is CN(C(=O)C=Cc1ccc(F)cc1)c1ccccc1C(=O)NCCc1ccccc1. The Kier molecular flexibility index (Phi) is 7.11. The number of nitrogens with zero attached hydrogens (tertiary/aromatic N) is 1. The van der Waals surface area contributed by atoms with Gasteiger partial charge in [0.25, 0.3) is 11.8 Å². The molecule has 0 saturated heterocycles. The zero-order chi connectivity index (χ0) is 21.3. The predicted octanol–water partition coefficient (Wildman–Crippen LogP) is 4.47. The highest BCUT2D eigenvalue weighted by atomic mass is 19.1. The first kappa shape index (κ1) is 21.0. The summed E-state index contributed by atoms with van der Waals surface area (Å²) in [5.41, 5.74) is 2.80. The number of para-hydroxylation sites is 1. The van der Waals surface area contributed by atoms with Gasteiger partial charge in [-0.15, -0.1) is 0 Å². The molecule has 0 saturated carbocycles. The number of amides is 2. The molecule has 1 N–H and O–H groups in total. The molecule has 0 aliphatic rings. The lowest BCUT2D eigenvalue weighted by Gasteiger charge is -2.19. The van der Waals surface area contributed by atoms with Gasteiger partial charge in [0.05, 0.1) is 11.3 Å². The fourth-order valence-electron chi connectivity index (χ4n) is 2.99. The Hall–Kier alpha value is -3.73. The van der Waals surface area contributed by atoms with Gasteiger partial charge in [0.2, 0.25) is 0 Å². The van der Waals surface area contributed by atoms with E-state index in [0.717, 1.165) is 12.0 Å². The van der Waals surface area contributed by atoms with Crippen molar-refractivity contribution in [2.24, 2.45) is 0 Å². The molecule has 0 atom stereocenters. The molecule has 30 heavy (non-hydrogen) atoms. The number of rotatable bonds is 7. The van der Waals surface area contributed by atoms with E-state index < -0.39 is 0 Å². The number of likely N-dealkylation sites (N-methyl/N-ethyl adjacent to an activating group) is 1. The number of anilines is 1. The van der Waals surface area contributed by atoms with Crippen molar-refractivity contribution >= 4 is 23.6 Å². The summed E-state index contributed by atoms with van der Waals surface area (Å²) in [6, 6.07) is 22.7. The molecule has 2 amide bonds. The molecular weight excluding hydrogens is 379 g/mol. The second kappa shape index (κ2) is 10.2. The topological polar surface area (TPSA) is 49.4 Å². The molecule has 0 unspecified atom stereocenters. The van der Waals surface area contributed by atoms with Crippen molar-refractivity contribution in [1.82, 2.24) is 5.32 Å². The summed E-state index contributed by atoms with van der Waals surface area (Å²) in [5.74, 6) is -0.852. The summed E-state index contributed by atoms with van der Waals surface area (Å²) in [6.45, 7) is 0.499. The van der Waals surface area contributed by atoms with Crippen LogP contribution >= 0.6 is 0 Å². The van der Waals surface area contributed by atoms with Gasteiger partial charge in [-0.3, -0.25) is 9.59 Å². The summed E-state index contributed by atoms with van der Waals surface area (Å²) < 4.78 is 13.0. The fourth-order valence-corrected chi connectivity index (χ4v) is 2.99. The third-order valence-electron chi connectivity index (χ3n) is 4.67. The molecule has 4 nitrogen and oxygen atoms in total. The molecule has 0 aromatic heterocycles. The molecule has 0 aliphatic carbocycles. The van der Waals surface area contributed by atoms with Gasteiger partial charge in [-0.1, -0.05) is 54.6 Å². The molecule has 152 valence electrons. The van der Waals surface area contributed by atoms with E-state index in [9.17, 15) is 14.0 Å². The number of hydrogen-bond donors (Lipinski definition) is 1. The summed E-state index contributed by atoms with van der Waals surface area (Å²) >= 11 is 0. The van der Waals surface area contributed by atoms with E-state index in [-0.39, 0.29) is 17.6 Å². The third-order valence-corrected chi connectivity index (χ3v) is 4.67. The van der Waals surface area contributed by atoms with Crippen LogP contribution in [0.15, 0.2) is 84.9 Å². The van der Waals surface area contributed by atoms with E-state index in [0.29, 0.717) is 23.4 Å². The van der Waals surface area contributed by atoms with Crippen LogP contribution < -0.4 is 10.2 Å². The first-order valence-electron chi connectivity index (χ1n) is 9.67. The van der Waals surface area contributed by atoms with Crippen LogP contribution in [0.3, 0.4) is 0 Å². The van der Waals surface area contributed by atoms with Gasteiger partial charge < -0.3 is 10.2 Å². The van der Waals surface area contributed by atoms with Crippen molar-refractivity contribution < 1.29 is 14.0 Å². The lowest BCUT2D eigenvalue weighted by Crippen LogP contribution is -2.30. The number of carbonyl (C=O) groups excluding carboxylic acids is 2. The van der Waals surface area contributed by atoms with Gasteiger partial charge in [-0.2, -0.15) is 0 Å². The van der Waals surface area contributed by atoms with Crippen LogP contribution in [0.25, 0.3) is 6.08 Å². The summed E-state index contributed by atoms with van der Waals surface area (Å²) in [4.78, 5) is 26.7. The second-order valence-electron chi connectivity index (χ2n) is 6.79. The number of nitrogens with one attached hydrogen (secondary N) is 1. The van der Waals surface area contributed by atoms with E-state index in [1.807, 2.05) is 30.3 Å². The van der Waals surface area contributed by atoms with Gasteiger partial charge >= 0.3 is 0 Å². The normalized spacial score (nSPS) is 10.7. The maximum absolute atomic E-state index is 13.0. The van der Waals surface area contributed by atoms with Crippen LogP contribution in [0.5, 0.6) is 0 Å². The van der Waals surface area contributed by atoms with Gasteiger partial charge in [0.1, 0.15) is 5.82 Å². The first-order chi connectivity index (χ1) is 14.5. The second-order valence-corrected chi connectivity index (χ2v) is 6.79. The number of benzene rings is 3. The monoisotopic (exact) mass is 402 g/mol. The van der Waals surface area contributed by atoms with Crippen LogP contribution in [0.4, 0.5) is 10.1 Å². The number of carbonyl (C=O) groups is 2. The largest absolute Gasteiger partial charge is 0.352 e. The molecule has 3 aromatic rings. The summed E-state index contributed by atoms with van der Waals surface area (Å²) in [7, 11) is 1.62. The maximum atomic E-state index is 13.0. The Labute approximate surface area is 175 Å². The van der Waals surface area contributed by atoms with E-state index in [4.69, 9.17) is 0 Å². The van der Waals surface area contributed by atoms with E-state index in [1.54, 1.807) is 49.5 Å². The van der Waals surface area contributed by atoms with Crippen LogP contribution in [0.2, 0.25) is 0 Å². The summed E-state index contributed by atoms with van der Waals surface area (Å²) in [5, 5.41) is 2.91. The molecule has 0 bridgehead atoms. The van der Waals surface area contributed by atoms with Crippen LogP contribution in [-0.4, -0.2) is 25.4 Å². The molecule has 3 aromatic carbocycles. The van der Waals surface area contributed by atoms with Gasteiger partial charge in [0.15, 0.2) is 0 Å². The fraction of sp³-hybridized carbons (Fsp3) is 0.120. The van der Waals surface area contributed by atoms with Crippen molar-refractivity contribution in [3.05, 3.63) is 107 Å². The molecule has 0 spiro atoms. The average Bonchev–Trinajstić information content (AvgIpc) is 2.78. The smallest absolute Gasteiger partial charge is 0.253 e. The van der Waals surface area contributed by atoms with Crippen molar-refractivity contribution in [2.45, 2.75) is 6.42 Å². The van der Waals surface area contributed by atoms with Crippen LogP contribution in [0.1, 0.15) is 21.5 Å². The zero-order valence-corrected chi connectivity index (χ0v) is 16.7. The van der Waals surface area contributed by atoms with E-state index in [2.05, 4.69) is 5.32 Å². The molecule has 0 heterocycles. The number of hydrogen-bond acceptors (Lipinski definition) is 2. The van der Waals surface area contributed by atoms with Crippen molar-refractivity contribution in [3.8, 4) is 0 Å². The minimum atomic E-state index is -0.331. The van der Waals surface area contributed by atoms with Crippen molar-refractivity contribution in [1.29, 1.82) is 0 Å². The highest BCUT2D eigenvalue weighted by Gasteiger charge is 2.16. The predicted molar refractivity (Wildman–Crippen MR) is 118 cm³/mol. The Morgan fingerprint density at radius 3 is 2.33 bits per heavy atom. The van der Waals surface area contributed by atoms with Gasteiger partial charge in [-0.05, 0) is 47.9 Å². The highest BCUT2D eigenvalue weighted by Crippen LogP contribution is 2.20. The molecular formula is C25H23FN2O2. The minimum Gasteiger partial charge on any atom is -0.352 e. The highest BCUT2D eigenvalue weighted by molar-refractivity contribution is 6.08. The molecule has 0 radical (unpaired) electrons. The molecule has 0 fully saturated rings. The van der Waals surface area contributed by atoms with Crippen molar-refractivity contribution in [3.63, 3.8) is 0 Å². The quantitative estimate of drug-likeness (QED) is 0.593. The number of halogens is 1.